The first-order chi connectivity index (χ1) is 22.5. The summed E-state index contributed by atoms with van der Waals surface area (Å²) in [6.07, 6.45) is 5.39. The molecule has 1 aliphatic heterocycles. The van der Waals surface area contributed by atoms with Gasteiger partial charge in [0.1, 0.15) is 5.82 Å². The Morgan fingerprint density at radius 3 is 1.96 bits per heavy atom. The molecule has 0 bridgehead atoms. The van der Waals surface area contributed by atoms with Crippen LogP contribution < -0.4 is 14.4 Å². The molecule has 2 N–H and O–H groups in total. The van der Waals surface area contributed by atoms with Gasteiger partial charge >= 0.3 is 11.9 Å². The number of benzene rings is 2. The van der Waals surface area contributed by atoms with Gasteiger partial charge in [-0.3, -0.25) is 9.11 Å². The van der Waals surface area contributed by atoms with E-state index in [0.29, 0.717) is 40.6 Å². The topological polar surface area (TPSA) is 177 Å². The molecule has 48 heavy (non-hydrogen) atoms. The van der Waals surface area contributed by atoms with Gasteiger partial charge in [-0.15, -0.1) is 0 Å². The highest BCUT2D eigenvalue weighted by Gasteiger charge is 2.33. The van der Waals surface area contributed by atoms with Crippen molar-refractivity contribution in [2.24, 2.45) is 7.05 Å². The van der Waals surface area contributed by atoms with Crippen molar-refractivity contribution in [3.8, 4) is 0 Å². The van der Waals surface area contributed by atoms with Crippen molar-refractivity contribution in [3.63, 3.8) is 0 Å². The molecule has 0 spiro atoms. The molecule has 0 amide bonds. The van der Waals surface area contributed by atoms with Gasteiger partial charge in [-0.2, -0.15) is 16.8 Å². The van der Waals surface area contributed by atoms with E-state index in [-0.39, 0.29) is 47.1 Å². The van der Waals surface area contributed by atoms with E-state index in [1.165, 1.54) is 14.2 Å². The molecule has 0 unspecified atom stereocenters. The summed E-state index contributed by atoms with van der Waals surface area (Å²) in [5.41, 5.74) is 2.67. The van der Waals surface area contributed by atoms with E-state index in [2.05, 4.69) is 0 Å². The number of esters is 2. The molecular formula is C30H35Cl2N4O10S2+. The summed E-state index contributed by atoms with van der Waals surface area (Å²) in [6, 6.07) is 6.35. The first-order valence-electron chi connectivity index (χ1n) is 14.6. The number of imidazole rings is 1. The largest absolute Gasteiger partial charge is 0.465 e. The normalized spacial score (nSPS) is 14.4. The Bertz CT molecular complexity index is 2040. The van der Waals surface area contributed by atoms with Crippen LogP contribution in [0.3, 0.4) is 0 Å². The number of hydrogen-bond acceptors (Lipinski definition) is 10. The minimum absolute atomic E-state index is 0.0600. The number of halogens is 2. The highest BCUT2D eigenvalue weighted by Crippen LogP contribution is 2.44. The van der Waals surface area contributed by atoms with E-state index >= 15 is 0 Å². The van der Waals surface area contributed by atoms with Crippen LogP contribution in [0.15, 0.2) is 42.2 Å². The number of allylic oxidation sites excluding steroid dienone is 2. The van der Waals surface area contributed by atoms with Gasteiger partial charge < -0.3 is 19.3 Å². The van der Waals surface area contributed by atoms with Gasteiger partial charge in [-0.1, -0.05) is 29.3 Å². The standard InChI is InChI=1S/C30H34Cl2N4O10S2/c1-5-34-26-18-22(32)20(30(38)46-4)16-25(26)36(12-8-14-48(42,43)44)28(34)10-6-9-27-33(2)23-17-21(31)19(29(37)45-3)15-24(23)35(27)11-7-13-47(39,40)41/h6,9-10,15-18H,5,7-8,11-14H2,1-4H3,(H-,39,40,41,42,43,44)/p+1. The summed E-state index contributed by atoms with van der Waals surface area (Å²) in [5.74, 6) is -1.07. The summed E-state index contributed by atoms with van der Waals surface area (Å²) in [6.45, 7) is 2.68. The third-order valence-electron chi connectivity index (χ3n) is 7.72. The van der Waals surface area contributed by atoms with E-state index in [0.717, 1.165) is 0 Å². The van der Waals surface area contributed by atoms with Crippen molar-refractivity contribution in [2.75, 3.05) is 48.6 Å². The molecule has 0 fully saturated rings. The number of hydrogen-bond donors (Lipinski definition) is 2. The molecule has 18 heteroatoms. The predicted octanol–water partition coefficient (Wildman–Crippen LogP) is 4.10. The highest BCUT2D eigenvalue weighted by atomic mass is 35.5. The van der Waals surface area contributed by atoms with E-state index < -0.39 is 43.7 Å². The Hall–Kier alpha value is -3.67. The maximum absolute atomic E-state index is 12.4. The number of aryl methyl sites for hydroxylation is 2. The second kappa shape index (κ2) is 14.8. The first-order valence-corrected chi connectivity index (χ1v) is 18.5. The predicted molar refractivity (Wildman–Crippen MR) is 182 cm³/mol. The van der Waals surface area contributed by atoms with Crippen LogP contribution in [0.1, 0.15) is 46.3 Å². The lowest BCUT2D eigenvalue weighted by molar-refractivity contribution is -0.647. The van der Waals surface area contributed by atoms with Gasteiger partial charge in [0.25, 0.3) is 26.1 Å². The Morgan fingerprint density at radius 1 is 0.854 bits per heavy atom. The Labute approximate surface area is 288 Å². The molecule has 0 saturated carbocycles. The zero-order valence-electron chi connectivity index (χ0n) is 26.5. The van der Waals surface area contributed by atoms with Gasteiger partial charge in [-0.25, -0.2) is 18.7 Å². The molecule has 0 saturated heterocycles. The lowest BCUT2D eigenvalue weighted by Crippen LogP contribution is -2.31. The number of carbonyl (C=O) groups is 2. The average Bonchev–Trinajstić information content (AvgIpc) is 3.43. The molecule has 260 valence electrons. The molecular weight excluding hydrogens is 711 g/mol. The number of aromatic nitrogens is 2. The van der Waals surface area contributed by atoms with Crippen molar-refractivity contribution in [3.05, 3.63) is 69.2 Å². The number of nitrogens with zero attached hydrogens (tertiary/aromatic N) is 4. The maximum atomic E-state index is 12.4. The molecule has 0 aliphatic carbocycles. The van der Waals surface area contributed by atoms with Crippen LogP contribution in [0.25, 0.3) is 17.1 Å². The summed E-state index contributed by atoms with van der Waals surface area (Å²) in [5, 5.41) is 0.325. The van der Waals surface area contributed by atoms with Gasteiger partial charge in [-0.05, 0) is 31.6 Å². The highest BCUT2D eigenvalue weighted by molar-refractivity contribution is 7.86. The lowest BCUT2D eigenvalue weighted by atomic mass is 10.1. The van der Waals surface area contributed by atoms with Crippen LogP contribution in [0.5, 0.6) is 0 Å². The second-order valence-corrected chi connectivity index (χ2v) is 14.7. The average molecular weight is 747 g/mol. The van der Waals surface area contributed by atoms with Crippen LogP contribution >= 0.6 is 23.2 Å². The molecule has 2 aromatic carbocycles. The Morgan fingerprint density at radius 2 is 1.40 bits per heavy atom. The summed E-state index contributed by atoms with van der Waals surface area (Å²) >= 11 is 12.9. The summed E-state index contributed by atoms with van der Waals surface area (Å²) in [4.78, 5) is 28.6. The SMILES string of the molecule is CCN1C(=CC=Cc2n(CCCS(=O)(=O)O)c3cc(C(=O)OC)c(Cl)cc3[n+]2C)N(CCCS(=O)(=O)O)c2cc(C(=O)OC)c(Cl)cc21. The molecule has 1 aromatic heterocycles. The van der Waals surface area contributed by atoms with Gasteiger partial charge in [0.15, 0.2) is 11.0 Å². The van der Waals surface area contributed by atoms with Crippen LogP contribution in [-0.2, 0) is 43.3 Å². The fourth-order valence-electron chi connectivity index (χ4n) is 5.59. The molecule has 14 nitrogen and oxygen atoms in total. The molecule has 4 rings (SSSR count). The first kappa shape index (κ1) is 37.2. The third-order valence-corrected chi connectivity index (χ3v) is 9.96. The number of anilines is 2. The van der Waals surface area contributed by atoms with Gasteiger partial charge in [0.2, 0.25) is 0 Å². The fourth-order valence-corrected chi connectivity index (χ4v) is 7.05. The molecule has 3 aromatic rings. The zero-order chi connectivity index (χ0) is 35.6. The summed E-state index contributed by atoms with van der Waals surface area (Å²) in [7, 11) is -4.24. The van der Waals surface area contributed by atoms with Gasteiger partial charge in [0.05, 0.1) is 71.9 Å². The van der Waals surface area contributed by atoms with Crippen molar-refractivity contribution < 1.29 is 49.6 Å². The Kier molecular flexibility index (Phi) is 11.5. The van der Waals surface area contributed by atoms with E-state index in [1.54, 1.807) is 63.6 Å². The van der Waals surface area contributed by atoms with Crippen LogP contribution in [0.4, 0.5) is 11.4 Å². The van der Waals surface area contributed by atoms with E-state index in [4.69, 9.17) is 32.7 Å². The van der Waals surface area contributed by atoms with Crippen LogP contribution in [0.2, 0.25) is 10.0 Å². The second-order valence-electron chi connectivity index (χ2n) is 10.8. The molecule has 0 radical (unpaired) electrons. The quantitative estimate of drug-likeness (QED) is 0.146. The number of rotatable bonds is 13. The molecule has 0 atom stereocenters. The molecule has 2 heterocycles. The monoisotopic (exact) mass is 745 g/mol. The third kappa shape index (κ3) is 8.13. The maximum Gasteiger partial charge on any atom is 0.339 e. The van der Waals surface area contributed by atoms with E-state index in [9.17, 15) is 35.5 Å². The number of ether oxygens (including phenoxy) is 2. The smallest absolute Gasteiger partial charge is 0.339 e. The summed E-state index contributed by atoms with van der Waals surface area (Å²) < 4.78 is 78.0. The zero-order valence-corrected chi connectivity index (χ0v) is 29.7. The molecule has 1 aliphatic rings. The van der Waals surface area contributed by atoms with Gasteiger partial charge in [0, 0.05) is 37.7 Å². The van der Waals surface area contributed by atoms with Crippen LogP contribution in [0, 0.1) is 0 Å². The van der Waals surface area contributed by atoms with Crippen molar-refractivity contribution in [2.45, 2.75) is 26.3 Å². The van der Waals surface area contributed by atoms with Crippen molar-refractivity contribution in [1.82, 2.24) is 4.57 Å². The van der Waals surface area contributed by atoms with Crippen molar-refractivity contribution >= 4 is 83.9 Å². The number of fused-ring (bicyclic) bond motifs is 2. The fraction of sp³-hybridized carbons (Fsp3) is 0.367. The van der Waals surface area contributed by atoms with Crippen molar-refractivity contribution in [1.29, 1.82) is 0 Å². The lowest BCUT2D eigenvalue weighted by Gasteiger charge is -2.24. The number of carbonyl (C=O) groups excluding carboxylic acids is 2. The van der Waals surface area contributed by atoms with Crippen LogP contribution in [-0.4, -0.2) is 81.3 Å². The van der Waals surface area contributed by atoms with E-state index in [1.807, 2.05) is 11.8 Å². The number of methoxy groups -OCH3 is 2. The minimum atomic E-state index is -4.23. The minimum Gasteiger partial charge on any atom is -0.465 e. The Balaban J connectivity index is 1.84.